The van der Waals surface area contributed by atoms with E-state index >= 15 is 0 Å². The van der Waals surface area contributed by atoms with Crippen LogP contribution in [-0.4, -0.2) is 55.2 Å². The summed E-state index contributed by atoms with van der Waals surface area (Å²) in [5.41, 5.74) is 2.12. The highest BCUT2D eigenvalue weighted by molar-refractivity contribution is 5.49. The van der Waals surface area contributed by atoms with Crippen molar-refractivity contribution in [2.45, 2.75) is 40.0 Å². The van der Waals surface area contributed by atoms with Gasteiger partial charge in [-0.3, -0.25) is 0 Å². The summed E-state index contributed by atoms with van der Waals surface area (Å²) in [6, 6.07) is 2.64. The molecule has 0 N–H and O–H groups in total. The molecule has 0 aliphatic carbocycles. The highest BCUT2D eigenvalue weighted by atomic mass is 16.5. The molecule has 6 heteroatoms. The van der Waals surface area contributed by atoms with Crippen LogP contribution in [0, 0.1) is 18.3 Å². The maximum absolute atomic E-state index is 8.74. The van der Waals surface area contributed by atoms with Gasteiger partial charge in [-0.25, -0.2) is 4.98 Å². The minimum atomic E-state index is 0.440. The molecule has 0 aliphatic rings. The third-order valence-electron chi connectivity index (χ3n) is 3.69. The van der Waals surface area contributed by atoms with Crippen LogP contribution in [0.1, 0.15) is 37.9 Å². The molecule has 0 saturated heterocycles. The Balaban J connectivity index is 2.96. The molecule has 23 heavy (non-hydrogen) atoms. The van der Waals surface area contributed by atoms with Crippen LogP contribution in [0.4, 0.5) is 5.82 Å². The van der Waals surface area contributed by atoms with Crippen molar-refractivity contribution in [2.75, 3.05) is 45.2 Å². The first kappa shape index (κ1) is 19.2. The van der Waals surface area contributed by atoms with Crippen molar-refractivity contribution < 1.29 is 4.74 Å². The molecule has 0 atom stereocenters. The Kier molecular flexibility index (Phi) is 8.35. The summed E-state index contributed by atoms with van der Waals surface area (Å²) >= 11 is 0. The van der Waals surface area contributed by atoms with E-state index in [1.54, 1.807) is 0 Å². The number of hydrogen-bond donors (Lipinski definition) is 0. The molecule has 1 aromatic rings. The maximum Gasteiger partial charge on any atom is 0.318 e. The van der Waals surface area contributed by atoms with Crippen LogP contribution in [0.5, 0.6) is 6.01 Å². The zero-order valence-electron chi connectivity index (χ0n) is 15.1. The van der Waals surface area contributed by atoms with Gasteiger partial charge in [0.25, 0.3) is 0 Å². The quantitative estimate of drug-likeness (QED) is 0.617. The van der Waals surface area contributed by atoms with Crippen molar-refractivity contribution in [3.8, 4) is 12.1 Å². The molecule has 1 heterocycles. The summed E-state index contributed by atoms with van der Waals surface area (Å²) in [6.45, 7) is 9.30. The van der Waals surface area contributed by atoms with Gasteiger partial charge < -0.3 is 14.5 Å². The van der Waals surface area contributed by atoms with Gasteiger partial charge in [-0.15, -0.1) is 0 Å². The van der Waals surface area contributed by atoms with Crippen molar-refractivity contribution in [1.82, 2.24) is 14.9 Å². The predicted molar refractivity (Wildman–Crippen MR) is 92.9 cm³/mol. The number of likely N-dealkylation sites (N-methyl/N-ethyl adjacent to an activating group) is 1. The summed E-state index contributed by atoms with van der Waals surface area (Å²) in [7, 11) is 4.02. The zero-order chi connectivity index (χ0) is 17.2. The number of nitriles is 1. The Morgan fingerprint density at radius 2 is 1.91 bits per heavy atom. The topological polar surface area (TPSA) is 65.3 Å². The third kappa shape index (κ3) is 6.03. The van der Waals surface area contributed by atoms with Gasteiger partial charge in [0, 0.05) is 37.3 Å². The van der Waals surface area contributed by atoms with Gasteiger partial charge in [0.2, 0.25) is 0 Å². The highest BCUT2D eigenvalue weighted by Crippen LogP contribution is 2.24. The van der Waals surface area contributed by atoms with Crippen LogP contribution in [0.15, 0.2) is 0 Å². The second-order valence-corrected chi connectivity index (χ2v) is 5.74. The number of anilines is 1. The molecule has 1 aromatic heterocycles. The third-order valence-corrected chi connectivity index (χ3v) is 3.69. The van der Waals surface area contributed by atoms with Crippen LogP contribution < -0.4 is 9.64 Å². The van der Waals surface area contributed by atoms with E-state index in [1.165, 1.54) is 0 Å². The van der Waals surface area contributed by atoms with Crippen molar-refractivity contribution >= 4 is 5.82 Å². The number of ether oxygens (including phenoxy) is 1. The largest absolute Gasteiger partial charge is 0.462 e. The summed E-state index contributed by atoms with van der Waals surface area (Å²) < 4.78 is 5.72. The van der Waals surface area contributed by atoms with E-state index < -0.39 is 0 Å². The molecule has 0 aromatic carbocycles. The van der Waals surface area contributed by atoms with E-state index in [9.17, 15) is 0 Å². The second kappa shape index (κ2) is 10.0. The van der Waals surface area contributed by atoms with Gasteiger partial charge in [0.05, 0.1) is 6.07 Å². The van der Waals surface area contributed by atoms with Crippen molar-refractivity contribution in [1.29, 1.82) is 5.26 Å². The second-order valence-electron chi connectivity index (χ2n) is 5.74. The van der Waals surface area contributed by atoms with Crippen LogP contribution in [-0.2, 0) is 6.42 Å². The van der Waals surface area contributed by atoms with Crippen molar-refractivity contribution in [3.05, 3.63) is 11.3 Å². The average Bonchev–Trinajstić information content (AvgIpc) is 2.51. The van der Waals surface area contributed by atoms with Crippen LogP contribution >= 0.6 is 0 Å². The number of hydrogen-bond acceptors (Lipinski definition) is 6. The number of unbranched alkanes of at least 4 members (excludes halogenated alkanes) is 1. The summed E-state index contributed by atoms with van der Waals surface area (Å²) in [5.74, 6) is 0.945. The average molecular weight is 319 g/mol. The number of rotatable bonds is 10. The first-order chi connectivity index (χ1) is 11.0. The van der Waals surface area contributed by atoms with Crippen LogP contribution in [0.2, 0.25) is 0 Å². The summed E-state index contributed by atoms with van der Waals surface area (Å²) in [4.78, 5) is 13.4. The molecular weight excluding hydrogens is 290 g/mol. The first-order valence-electron chi connectivity index (χ1n) is 8.30. The Morgan fingerprint density at radius 1 is 1.17 bits per heavy atom. The zero-order valence-corrected chi connectivity index (χ0v) is 15.1. The van der Waals surface area contributed by atoms with Gasteiger partial charge >= 0.3 is 6.01 Å². The molecule has 0 fully saturated rings. The molecule has 0 amide bonds. The van der Waals surface area contributed by atoms with Gasteiger partial charge in [0.15, 0.2) is 0 Å². The molecule has 1 rings (SSSR count). The molecule has 6 nitrogen and oxygen atoms in total. The monoisotopic (exact) mass is 319 g/mol. The van der Waals surface area contributed by atoms with E-state index in [0.717, 1.165) is 49.6 Å². The first-order valence-corrected chi connectivity index (χ1v) is 8.30. The van der Waals surface area contributed by atoms with E-state index in [1.807, 2.05) is 21.0 Å². The summed E-state index contributed by atoms with van der Waals surface area (Å²) in [6.07, 6.45) is 2.29. The number of nitrogens with zero attached hydrogens (tertiary/aromatic N) is 5. The lowest BCUT2D eigenvalue weighted by Gasteiger charge is -2.25. The molecule has 0 aliphatic heterocycles. The predicted octanol–water partition coefficient (Wildman–Crippen LogP) is 2.42. The van der Waals surface area contributed by atoms with E-state index in [4.69, 9.17) is 10.00 Å². The van der Waals surface area contributed by atoms with Crippen LogP contribution in [0.3, 0.4) is 0 Å². The molecular formula is C17H29N5O. The number of aromatic nitrogens is 2. The Labute approximate surface area is 140 Å². The lowest BCUT2D eigenvalue weighted by Crippen LogP contribution is -2.27. The van der Waals surface area contributed by atoms with Gasteiger partial charge in [0.1, 0.15) is 12.4 Å². The molecule has 0 saturated carbocycles. The van der Waals surface area contributed by atoms with Gasteiger partial charge in [-0.2, -0.15) is 10.2 Å². The normalized spacial score (nSPS) is 10.7. The molecule has 0 radical (unpaired) electrons. The lowest BCUT2D eigenvalue weighted by atomic mass is 10.1. The fourth-order valence-corrected chi connectivity index (χ4v) is 2.38. The molecule has 0 unspecified atom stereocenters. The van der Waals surface area contributed by atoms with E-state index in [0.29, 0.717) is 19.0 Å². The van der Waals surface area contributed by atoms with Crippen molar-refractivity contribution in [2.24, 2.45) is 0 Å². The minimum absolute atomic E-state index is 0.440. The number of aryl methyl sites for hydroxylation is 1. The highest BCUT2D eigenvalue weighted by Gasteiger charge is 2.16. The SMILES string of the molecule is CCc1c(C)nc(OCCN(C)C)nc1N(CC)CCCC#N. The lowest BCUT2D eigenvalue weighted by molar-refractivity contribution is 0.245. The maximum atomic E-state index is 8.74. The minimum Gasteiger partial charge on any atom is -0.462 e. The van der Waals surface area contributed by atoms with E-state index in [-0.39, 0.29) is 0 Å². The van der Waals surface area contributed by atoms with Crippen molar-refractivity contribution in [3.63, 3.8) is 0 Å². The fourth-order valence-electron chi connectivity index (χ4n) is 2.38. The Hall–Kier alpha value is -1.87. The molecule has 0 spiro atoms. The smallest absolute Gasteiger partial charge is 0.318 e. The van der Waals surface area contributed by atoms with Crippen LogP contribution in [0.25, 0.3) is 0 Å². The van der Waals surface area contributed by atoms with Gasteiger partial charge in [-0.1, -0.05) is 6.92 Å². The fraction of sp³-hybridized carbons (Fsp3) is 0.706. The molecule has 128 valence electrons. The Bertz CT molecular complexity index is 524. The standard InChI is InChI=1S/C17H29N5O/c1-6-15-14(3)19-17(23-13-12-21(4)5)20-16(15)22(7-2)11-9-8-10-18/h6-9,11-13H2,1-5H3. The summed E-state index contributed by atoms with van der Waals surface area (Å²) in [5, 5.41) is 8.74. The van der Waals surface area contributed by atoms with Gasteiger partial charge in [-0.05, 0) is 40.8 Å². The van der Waals surface area contributed by atoms with E-state index in [2.05, 4.69) is 39.7 Å². The molecule has 0 bridgehead atoms. The Morgan fingerprint density at radius 3 is 2.48 bits per heavy atom.